The second kappa shape index (κ2) is 10.0. The number of aryl methyl sites for hydroxylation is 2. The Bertz CT molecular complexity index is 1150. The third-order valence-corrected chi connectivity index (χ3v) is 7.52. The van der Waals surface area contributed by atoms with Crippen molar-refractivity contribution in [2.24, 2.45) is 13.0 Å². The van der Waals surface area contributed by atoms with Gasteiger partial charge in [0.15, 0.2) is 0 Å². The predicted octanol–water partition coefficient (Wildman–Crippen LogP) is 4.87. The third kappa shape index (κ3) is 4.96. The number of para-hydroxylation sites is 1. The van der Waals surface area contributed by atoms with Crippen LogP contribution >= 0.6 is 11.8 Å². The fraction of sp³-hybridized carbons (Fsp3) is 0.407. The molecule has 2 amide bonds. The van der Waals surface area contributed by atoms with Crippen LogP contribution in [0.5, 0.6) is 0 Å². The molecule has 1 atom stereocenters. The number of nitrogens with zero attached hydrogens (tertiary/aromatic N) is 2. The normalized spacial score (nSPS) is 16.2. The van der Waals surface area contributed by atoms with Crippen LogP contribution in [0.1, 0.15) is 43.0 Å². The van der Waals surface area contributed by atoms with Crippen molar-refractivity contribution in [2.75, 3.05) is 18.8 Å². The molecule has 0 saturated heterocycles. The molecule has 2 heterocycles. The molecular weight excluding hydrogens is 430 g/mol. The number of fused-ring (bicyclic) bond motifs is 3. The van der Waals surface area contributed by atoms with Crippen molar-refractivity contribution in [1.29, 1.82) is 0 Å². The maximum absolute atomic E-state index is 13.6. The number of carbonyl (C=O) groups excluding carboxylic acids is 2. The van der Waals surface area contributed by atoms with Crippen LogP contribution in [0, 0.1) is 12.8 Å². The monoisotopic (exact) mass is 463 g/mol. The summed E-state index contributed by atoms with van der Waals surface area (Å²) in [7, 11) is 2.02. The summed E-state index contributed by atoms with van der Waals surface area (Å²) in [5.74, 6) is 0.757. The van der Waals surface area contributed by atoms with E-state index in [1.807, 2.05) is 19.2 Å². The number of thioether (sulfide) groups is 1. The van der Waals surface area contributed by atoms with Crippen LogP contribution in [0.2, 0.25) is 0 Å². The number of hydrogen-bond acceptors (Lipinski definition) is 3. The van der Waals surface area contributed by atoms with Gasteiger partial charge in [0.05, 0.1) is 10.8 Å². The molecule has 0 radical (unpaired) electrons. The summed E-state index contributed by atoms with van der Waals surface area (Å²) in [6.07, 6.45) is 1.62. The molecule has 0 aliphatic carbocycles. The van der Waals surface area contributed by atoms with Crippen molar-refractivity contribution in [2.45, 2.75) is 44.7 Å². The zero-order valence-corrected chi connectivity index (χ0v) is 20.7. The van der Waals surface area contributed by atoms with E-state index in [9.17, 15) is 9.59 Å². The van der Waals surface area contributed by atoms with Crippen LogP contribution in [-0.4, -0.2) is 40.1 Å². The Morgan fingerprint density at radius 3 is 2.61 bits per heavy atom. The number of carbonyl (C=O) groups is 2. The molecule has 33 heavy (non-hydrogen) atoms. The summed E-state index contributed by atoms with van der Waals surface area (Å²) < 4.78 is 2.13. The van der Waals surface area contributed by atoms with Crippen LogP contribution < -0.4 is 5.32 Å². The van der Waals surface area contributed by atoms with Gasteiger partial charge in [0, 0.05) is 36.6 Å². The average Bonchev–Trinajstić information content (AvgIpc) is 2.97. The van der Waals surface area contributed by atoms with Crippen molar-refractivity contribution in [3.05, 3.63) is 65.2 Å². The maximum atomic E-state index is 13.6. The summed E-state index contributed by atoms with van der Waals surface area (Å²) in [5.41, 5.74) is 4.42. The van der Waals surface area contributed by atoms with E-state index < -0.39 is 6.04 Å². The van der Waals surface area contributed by atoms with Gasteiger partial charge in [0.25, 0.3) is 0 Å². The molecule has 4 rings (SSSR count). The average molecular weight is 464 g/mol. The van der Waals surface area contributed by atoms with E-state index in [2.05, 4.69) is 67.1 Å². The molecule has 3 aromatic rings. The summed E-state index contributed by atoms with van der Waals surface area (Å²) in [6.45, 7) is 7.48. The number of benzene rings is 2. The first kappa shape index (κ1) is 23.4. The van der Waals surface area contributed by atoms with Crippen LogP contribution in [0.15, 0.2) is 53.6 Å². The number of hydrogen-bond donors (Lipinski definition) is 1. The van der Waals surface area contributed by atoms with E-state index in [0.29, 0.717) is 31.2 Å². The fourth-order valence-electron chi connectivity index (χ4n) is 4.46. The van der Waals surface area contributed by atoms with Gasteiger partial charge < -0.3 is 14.8 Å². The Balaban J connectivity index is 1.73. The first-order valence-corrected chi connectivity index (χ1v) is 12.7. The molecule has 2 aromatic carbocycles. The predicted molar refractivity (Wildman–Crippen MR) is 135 cm³/mol. The lowest BCUT2D eigenvalue weighted by Gasteiger charge is -2.30. The zero-order chi connectivity index (χ0) is 23.5. The Hall–Kier alpha value is -2.73. The first-order chi connectivity index (χ1) is 15.9. The van der Waals surface area contributed by atoms with Gasteiger partial charge in [-0.05, 0) is 37.3 Å². The molecule has 0 saturated carbocycles. The largest absolute Gasteiger partial charge is 0.354 e. The van der Waals surface area contributed by atoms with Gasteiger partial charge in [-0.25, -0.2) is 0 Å². The van der Waals surface area contributed by atoms with Crippen molar-refractivity contribution >= 4 is 34.5 Å². The molecular formula is C27H33N3O2S. The third-order valence-electron chi connectivity index (χ3n) is 6.36. The minimum atomic E-state index is -0.633. The molecule has 5 nitrogen and oxygen atoms in total. The molecule has 1 aliphatic rings. The van der Waals surface area contributed by atoms with E-state index in [1.165, 1.54) is 22.9 Å². The van der Waals surface area contributed by atoms with Gasteiger partial charge in [-0.3, -0.25) is 9.59 Å². The smallest absolute Gasteiger partial charge is 0.247 e. The van der Waals surface area contributed by atoms with Gasteiger partial charge in [-0.1, -0.05) is 73.6 Å². The maximum Gasteiger partial charge on any atom is 0.247 e. The van der Waals surface area contributed by atoms with Gasteiger partial charge in [-0.15, -0.1) is 0 Å². The van der Waals surface area contributed by atoms with Gasteiger partial charge >= 0.3 is 0 Å². The molecule has 174 valence electrons. The van der Waals surface area contributed by atoms with E-state index >= 15 is 0 Å². The molecule has 1 aromatic heterocycles. The van der Waals surface area contributed by atoms with Gasteiger partial charge in [0.2, 0.25) is 11.8 Å². The SMILES string of the molecule is Cc1ccc(CCN2C(=O)CSc3c(c4ccccc4n3C)[C@H]2C(=O)NCCC(C)C)cc1. The Kier molecular flexibility index (Phi) is 7.13. The molecule has 0 spiro atoms. The number of amides is 2. The highest BCUT2D eigenvalue weighted by molar-refractivity contribution is 8.00. The van der Waals surface area contributed by atoms with Gasteiger partial charge in [0.1, 0.15) is 6.04 Å². The Labute approximate surface area is 200 Å². The minimum Gasteiger partial charge on any atom is -0.354 e. The second-order valence-corrected chi connectivity index (χ2v) is 10.2. The number of nitrogens with one attached hydrogen (secondary N) is 1. The van der Waals surface area contributed by atoms with Crippen molar-refractivity contribution in [3.8, 4) is 0 Å². The molecule has 1 N–H and O–H groups in total. The van der Waals surface area contributed by atoms with Crippen LogP contribution in [0.4, 0.5) is 0 Å². The second-order valence-electron chi connectivity index (χ2n) is 9.28. The minimum absolute atomic E-state index is 0.0106. The highest BCUT2D eigenvalue weighted by Gasteiger charge is 2.38. The van der Waals surface area contributed by atoms with Gasteiger partial charge in [-0.2, -0.15) is 0 Å². The van der Waals surface area contributed by atoms with Crippen LogP contribution in [0.25, 0.3) is 10.9 Å². The molecule has 1 aliphatic heterocycles. The first-order valence-electron chi connectivity index (χ1n) is 11.7. The summed E-state index contributed by atoms with van der Waals surface area (Å²) in [4.78, 5) is 28.8. The zero-order valence-electron chi connectivity index (χ0n) is 19.9. The van der Waals surface area contributed by atoms with Crippen LogP contribution in [0.3, 0.4) is 0 Å². The number of rotatable bonds is 7. The summed E-state index contributed by atoms with van der Waals surface area (Å²) in [5, 5.41) is 5.18. The topological polar surface area (TPSA) is 54.3 Å². The fourth-order valence-corrected chi connectivity index (χ4v) is 5.56. The highest BCUT2D eigenvalue weighted by atomic mass is 32.2. The van der Waals surface area contributed by atoms with Crippen LogP contribution in [-0.2, 0) is 23.1 Å². The number of aromatic nitrogens is 1. The lowest BCUT2D eigenvalue weighted by Crippen LogP contribution is -2.45. The van der Waals surface area contributed by atoms with E-state index in [4.69, 9.17) is 0 Å². The Morgan fingerprint density at radius 2 is 1.88 bits per heavy atom. The van der Waals surface area contributed by atoms with Crippen molar-refractivity contribution in [3.63, 3.8) is 0 Å². The Morgan fingerprint density at radius 1 is 1.15 bits per heavy atom. The lowest BCUT2D eigenvalue weighted by molar-refractivity contribution is -0.138. The van der Waals surface area contributed by atoms with E-state index in [-0.39, 0.29) is 11.8 Å². The molecule has 6 heteroatoms. The molecule has 0 unspecified atom stereocenters. The summed E-state index contributed by atoms with van der Waals surface area (Å²) >= 11 is 1.54. The van der Waals surface area contributed by atoms with Crippen molar-refractivity contribution < 1.29 is 9.59 Å². The van der Waals surface area contributed by atoms with E-state index in [0.717, 1.165) is 27.9 Å². The molecule has 0 bridgehead atoms. The highest BCUT2D eigenvalue weighted by Crippen LogP contribution is 2.41. The van der Waals surface area contributed by atoms with Crippen molar-refractivity contribution in [1.82, 2.24) is 14.8 Å². The standard InChI is InChI=1S/C27H33N3O2S/c1-18(2)13-15-28-26(32)25-24-21-7-5-6-8-22(21)29(4)27(24)33-17-23(31)30(25)16-14-20-11-9-19(3)10-12-20/h5-12,18,25H,13-17H2,1-4H3,(H,28,32)/t25-/m0/s1. The summed E-state index contributed by atoms with van der Waals surface area (Å²) in [6, 6.07) is 15.9. The lowest BCUT2D eigenvalue weighted by atomic mass is 10.0. The quantitative estimate of drug-likeness (QED) is 0.544. The van der Waals surface area contributed by atoms with E-state index in [1.54, 1.807) is 4.90 Å². The molecule has 0 fully saturated rings.